The second-order valence-electron chi connectivity index (χ2n) is 4.95. The van der Waals surface area contributed by atoms with Gasteiger partial charge in [-0.25, -0.2) is 0 Å². The average molecular weight is 167 g/mol. The normalized spacial score (nSPS) is 32.3. The van der Waals surface area contributed by atoms with Gasteiger partial charge >= 0.3 is 0 Å². The molecule has 1 rings (SSSR count). The third kappa shape index (κ3) is 2.63. The van der Waals surface area contributed by atoms with Crippen LogP contribution in [0.5, 0.6) is 0 Å². The molecule has 1 aliphatic carbocycles. The van der Waals surface area contributed by atoms with E-state index in [0.29, 0.717) is 12.0 Å². The Balaban J connectivity index is 2.64. The van der Waals surface area contributed by atoms with Crippen LogP contribution >= 0.6 is 0 Å². The van der Waals surface area contributed by atoms with Gasteiger partial charge in [-0.15, -0.1) is 0 Å². The molecule has 0 saturated heterocycles. The van der Waals surface area contributed by atoms with Crippen LogP contribution < -0.4 is 5.73 Å². The monoisotopic (exact) mass is 167 g/mol. The minimum atomic E-state index is 0.499. The predicted molar refractivity (Wildman–Crippen MR) is 53.9 cm³/mol. The molecule has 1 aliphatic rings. The Kier molecular flexibility index (Phi) is 2.94. The van der Waals surface area contributed by atoms with Crippen molar-refractivity contribution in [2.75, 3.05) is 6.54 Å². The largest absolute Gasteiger partial charge is 0.327 e. The summed E-state index contributed by atoms with van der Waals surface area (Å²) in [4.78, 5) is 0. The second-order valence-corrected chi connectivity index (χ2v) is 4.95. The molecule has 1 unspecified atom stereocenters. The van der Waals surface area contributed by atoms with Crippen LogP contribution in [-0.2, 0) is 0 Å². The first-order chi connectivity index (χ1) is 5.53. The van der Waals surface area contributed by atoms with E-state index in [9.17, 15) is 0 Å². The molecule has 0 aromatic heterocycles. The van der Waals surface area contributed by atoms with Crippen molar-refractivity contribution in [1.29, 1.82) is 0 Å². The average Bonchev–Trinajstić information content (AvgIpc) is 1.82. The zero-order valence-electron chi connectivity index (χ0n) is 8.56. The summed E-state index contributed by atoms with van der Waals surface area (Å²) >= 11 is 0. The smallest absolute Gasteiger partial charge is 0.0109 e. The minimum absolute atomic E-state index is 0.499. The van der Waals surface area contributed by atoms with E-state index in [-0.39, 0.29) is 0 Å². The molecule has 0 aromatic rings. The van der Waals surface area contributed by atoms with Gasteiger partial charge in [-0.05, 0) is 30.6 Å². The van der Waals surface area contributed by atoms with Crippen molar-refractivity contribution < 1.29 is 0 Å². The minimum Gasteiger partial charge on any atom is -0.327 e. The van der Waals surface area contributed by atoms with Crippen molar-refractivity contribution in [3.63, 3.8) is 0 Å². The van der Waals surface area contributed by atoms with Gasteiger partial charge in [-0.3, -0.25) is 0 Å². The highest BCUT2D eigenvalue weighted by Gasteiger charge is 2.27. The van der Waals surface area contributed by atoms with E-state index >= 15 is 0 Å². The van der Waals surface area contributed by atoms with Gasteiger partial charge in [0, 0.05) is 6.54 Å². The van der Waals surface area contributed by atoms with Crippen molar-refractivity contribution in [3.8, 4) is 0 Å². The van der Waals surface area contributed by atoms with Crippen molar-refractivity contribution in [2.45, 2.75) is 40.0 Å². The summed E-state index contributed by atoms with van der Waals surface area (Å²) in [6.45, 7) is 7.75. The molecule has 70 valence electrons. The molecule has 1 fully saturated rings. The van der Waals surface area contributed by atoms with Crippen LogP contribution in [0.25, 0.3) is 0 Å². The molecule has 0 aromatic carbocycles. The van der Waals surface area contributed by atoms with Gasteiger partial charge < -0.3 is 5.73 Å². The van der Waals surface area contributed by atoms with Crippen LogP contribution in [0, 0.1) is 11.3 Å². The highest BCUT2D eigenvalue weighted by molar-refractivity contribution is 5.09. The van der Waals surface area contributed by atoms with Crippen molar-refractivity contribution >= 4 is 0 Å². The topological polar surface area (TPSA) is 26.0 Å². The van der Waals surface area contributed by atoms with E-state index in [4.69, 9.17) is 5.73 Å². The fourth-order valence-corrected chi connectivity index (χ4v) is 2.54. The lowest BCUT2D eigenvalue weighted by Crippen LogP contribution is -2.23. The molecule has 0 radical (unpaired) electrons. The lowest BCUT2D eigenvalue weighted by atomic mass is 9.70. The third-order valence-electron chi connectivity index (χ3n) is 2.62. The Morgan fingerprint density at radius 3 is 2.75 bits per heavy atom. The number of hydrogen-bond donors (Lipinski definition) is 1. The number of hydrogen-bond acceptors (Lipinski definition) is 1. The summed E-state index contributed by atoms with van der Waals surface area (Å²) in [7, 11) is 0. The van der Waals surface area contributed by atoms with Gasteiger partial charge in [0.15, 0.2) is 0 Å². The highest BCUT2D eigenvalue weighted by Crippen LogP contribution is 2.40. The summed E-state index contributed by atoms with van der Waals surface area (Å²) in [6, 6.07) is 0. The Hall–Kier alpha value is -0.300. The Bertz CT molecular complexity index is 179. The fourth-order valence-electron chi connectivity index (χ4n) is 2.54. The molecule has 0 spiro atoms. The number of rotatable bonds is 1. The highest BCUT2D eigenvalue weighted by atomic mass is 14.5. The first-order valence-corrected chi connectivity index (χ1v) is 4.91. The van der Waals surface area contributed by atoms with Gasteiger partial charge in [0.1, 0.15) is 0 Å². The fraction of sp³-hybridized carbons (Fsp3) is 0.818. The molecular formula is C11H21N. The van der Waals surface area contributed by atoms with Gasteiger partial charge in [0.05, 0.1) is 0 Å². The third-order valence-corrected chi connectivity index (χ3v) is 2.62. The first kappa shape index (κ1) is 9.79. The maximum atomic E-state index is 5.52. The second kappa shape index (κ2) is 3.61. The summed E-state index contributed by atoms with van der Waals surface area (Å²) in [5.74, 6) is 0.839. The lowest BCUT2D eigenvalue weighted by molar-refractivity contribution is 0.234. The van der Waals surface area contributed by atoms with E-state index in [1.165, 1.54) is 19.3 Å². The Labute approximate surface area is 76.0 Å². The van der Waals surface area contributed by atoms with Gasteiger partial charge in [0.2, 0.25) is 0 Å². The van der Waals surface area contributed by atoms with E-state index in [1.807, 2.05) is 0 Å². The van der Waals surface area contributed by atoms with E-state index < -0.39 is 0 Å². The molecule has 1 nitrogen and oxygen atoms in total. The van der Waals surface area contributed by atoms with Gasteiger partial charge in [-0.2, -0.15) is 0 Å². The summed E-state index contributed by atoms with van der Waals surface area (Å²) in [5, 5.41) is 0. The van der Waals surface area contributed by atoms with Crippen molar-refractivity contribution in [1.82, 2.24) is 0 Å². The molecule has 2 N–H and O–H groups in total. The van der Waals surface area contributed by atoms with E-state index in [0.717, 1.165) is 5.92 Å². The van der Waals surface area contributed by atoms with Crippen LogP contribution in [0.15, 0.2) is 11.6 Å². The zero-order valence-corrected chi connectivity index (χ0v) is 8.56. The summed E-state index contributed by atoms with van der Waals surface area (Å²) in [6.07, 6.45) is 6.07. The Morgan fingerprint density at radius 1 is 1.58 bits per heavy atom. The standard InChI is InChI=1S/C11H21N/c1-9-6-10(4-5-12)8-11(2,3)7-9/h4,9H,5-8,12H2,1-3H3/b10-4+. The molecule has 0 amide bonds. The molecule has 1 atom stereocenters. The van der Waals surface area contributed by atoms with E-state index in [2.05, 4.69) is 26.8 Å². The van der Waals surface area contributed by atoms with Crippen LogP contribution in [0.2, 0.25) is 0 Å². The summed E-state index contributed by atoms with van der Waals surface area (Å²) in [5.41, 5.74) is 7.59. The molecule has 12 heavy (non-hydrogen) atoms. The Morgan fingerprint density at radius 2 is 2.25 bits per heavy atom. The van der Waals surface area contributed by atoms with Crippen molar-refractivity contribution in [3.05, 3.63) is 11.6 Å². The molecule has 0 bridgehead atoms. The predicted octanol–water partition coefficient (Wildman–Crippen LogP) is 2.72. The van der Waals surface area contributed by atoms with Gasteiger partial charge in [-0.1, -0.05) is 32.4 Å². The van der Waals surface area contributed by atoms with Crippen LogP contribution in [-0.4, -0.2) is 6.54 Å². The number of nitrogens with two attached hydrogens (primary N) is 1. The number of allylic oxidation sites excluding steroid dienone is 1. The maximum absolute atomic E-state index is 5.52. The molecule has 0 aliphatic heterocycles. The molecule has 0 heterocycles. The maximum Gasteiger partial charge on any atom is 0.0109 e. The van der Waals surface area contributed by atoms with Crippen LogP contribution in [0.1, 0.15) is 40.0 Å². The van der Waals surface area contributed by atoms with Crippen molar-refractivity contribution in [2.24, 2.45) is 17.1 Å². The molecule has 1 saturated carbocycles. The SMILES string of the molecule is CC1C/C(=C\CN)CC(C)(C)C1. The van der Waals surface area contributed by atoms with Gasteiger partial charge in [0.25, 0.3) is 0 Å². The zero-order chi connectivity index (χ0) is 9.19. The van der Waals surface area contributed by atoms with Crippen LogP contribution in [0.3, 0.4) is 0 Å². The molecular weight excluding hydrogens is 146 g/mol. The van der Waals surface area contributed by atoms with Crippen LogP contribution in [0.4, 0.5) is 0 Å². The first-order valence-electron chi connectivity index (χ1n) is 4.91. The quantitative estimate of drug-likeness (QED) is 0.597. The molecule has 1 heteroatoms. The van der Waals surface area contributed by atoms with E-state index in [1.54, 1.807) is 5.57 Å². The summed E-state index contributed by atoms with van der Waals surface area (Å²) < 4.78 is 0. The lowest BCUT2D eigenvalue weighted by Gasteiger charge is -2.35.